The van der Waals surface area contributed by atoms with Gasteiger partial charge in [-0.1, -0.05) is 0 Å². The van der Waals surface area contributed by atoms with E-state index in [1.54, 1.807) is 0 Å². The summed E-state index contributed by atoms with van der Waals surface area (Å²) in [5.41, 5.74) is -1.68. The molecule has 0 aromatic carbocycles. The number of aliphatic hydroxyl groups excluding tert-OH is 1. The van der Waals surface area contributed by atoms with Crippen molar-refractivity contribution in [1.82, 2.24) is 4.90 Å². The molecule has 0 radical (unpaired) electrons. The van der Waals surface area contributed by atoms with E-state index < -0.39 is 15.6 Å². The molecular weight excluding hydrogens is 233 g/mol. The Labute approximate surface area is 112 Å². The molecule has 0 spiro atoms. The van der Waals surface area contributed by atoms with Crippen LogP contribution in [0.25, 0.3) is 0 Å². The quantitative estimate of drug-likeness (QED) is 0.454. The van der Waals surface area contributed by atoms with E-state index in [1.165, 1.54) is 0 Å². The molecule has 8 heteroatoms. The fourth-order valence-electron chi connectivity index (χ4n) is 1.27. The molecule has 1 aliphatic heterocycles. The number of hydrogen-bond donors (Lipinski definition) is 2. The van der Waals surface area contributed by atoms with Crippen molar-refractivity contribution in [3.05, 3.63) is 0 Å². The SMILES string of the molecule is O=S(=O)(O)C(O)CCN1CCOCC1.[NaH]. The molecule has 15 heavy (non-hydrogen) atoms. The normalized spacial score (nSPS) is 20.7. The van der Waals surface area contributed by atoms with Crippen LogP contribution in [-0.2, 0) is 14.9 Å². The molecule has 1 rings (SSSR count). The van der Waals surface area contributed by atoms with Crippen molar-refractivity contribution in [2.75, 3.05) is 32.8 Å². The summed E-state index contributed by atoms with van der Waals surface area (Å²) in [6.07, 6.45) is 0.0266. The van der Waals surface area contributed by atoms with E-state index >= 15 is 0 Å². The molecule has 0 amide bonds. The summed E-state index contributed by atoms with van der Waals surface area (Å²) in [4.78, 5) is 1.98. The molecule has 6 nitrogen and oxygen atoms in total. The first-order valence-electron chi connectivity index (χ1n) is 4.44. The van der Waals surface area contributed by atoms with Crippen molar-refractivity contribution >= 4 is 39.7 Å². The Hall–Kier alpha value is 0.790. The molecule has 0 aromatic heterocycles. The Morgan fingerprint density at radius 1 is 1.33 bits per heavy atom. The summed E-state index contributed by atoms with van der Waals surface area (Å²) in [6.45, 7) is 3.17. The maximum atomic E-state index is 10.5. The van der Waals surface area contributed by atoms with Gasteiger partial charge >= 0.3 is 29.6 Å². The third-order valence-electron chi connectivity index (χ3n) is 2.14. The molecule has 86 valence electrons. The summed E-state index contributed by atoms with van der Waals surface area (Å²) in [5.74, 6) is 0. The van der Waals surface area contributed by atoms with Crippen molar-refractivity contribution in [3.63, 3.8) is 0 Å². The summed E-state index contributed by atoms with van der Waals surface area (Å²) in [6, 6.07) is 0. The molecule has 0 aliphatic carbocycles. The predicted molar refractivity (Wildman–Crippen MR) is 56.6 cm³/mol. The van der Waals surface area contributed by atoms with E-state index in [9.17, 15) is 8.42 Å². The molecule has 1 aliphatic rings. The monoisotopic (exact) mass is 249 g/mol. The van der Waals surface area contributed by atoms with Crippen LogP contribution < -0.4 is 0 Å². The van der Waals surface area contributed by atoms with Crippen LogP contribution in [0, 0.1) is 0 Å². The van der Waals surface area contributed by atoms with Crippen molar-refractivity contribution in [1.29, 1.82) is 0 Å². The van der Waals surface area contributed by atoms with Gasteiger partial charge in [0.05, 0.1) is 13.2 Å². The molecule has 1 saturated heterocycles. The van der Waals surface area contributed by atoms with Crippen molar-refractivity contribution in [2.45, 2.75) is 11.9 Å². The van der Waals surface area contributed by atoms with Crippen molar-refractivity contribution < 1.29 is 22.8 Å². The first-order valence-corrected chi connectivity index (χ1v) is 5.95. The van der Waals surface area contributed by atoms with Gasteiger partial charge in [0, 0.05) is 26.1 Å². The van der Waals surface area contributed by atoms with Gasteiger partial charge in [-0.2, -0.15) is 8.42 Å². The first-order chi connectivity index (χ1) is 6.50. The molecule has 0 saturated carbocycles. The number of ether oxygens (including phenoxy) is 1. The van der Waals surface area contributed by atoms with E-state index in [1.807, 2.05) is 4.90 Å². The minimum absolute atomic E-state index is 0. The van der Waals surface area contributed by atoms with Crippen LogP contribution >= 0.6 is 0 Å². The van der Waals surface area contributed by atoms with Gasteiger partial charge in [-0.15, -0.1) is 0 Å². The maximum absolute atomic E-state index is 10.5. The fraction of sp³-hybridized carbons (Fsp3) is 1.00. The average Bonchev–Trinajstić information content (AvgIpc) is 2.14. The van der Waals surface area contributed by atoms with Crippen LogP contribution in [0.2, 0.25) is 0 Å². The van der Waals surface area contributed by atoms with E-state index in [2.05, 4.69) is 0 Å². The van der Waals surface area contributed by atoms with Gasteiger partial charge in [0.15, 0.2) is 5.44 Å². The molecule has 0 bridgehead atoms. The number of rotatable bonds is 4. The second-order valence-electron chi connectivity index (χ2n) is 3.21. The first kappa shape index (κ1) is 15.8. The Bertz CT molecular complexity index is 265. The van der Waals surface area contributed by atoms with Crippen LogP contribution in [0.5, 0.6) is 0 Å². The van der Waals surface area contributed by atoms with Gasteiger partial charge in [0.2, 0.25) is 0 Å². The Morgan fingerprint density at radius 2 is 1.87 bits per heavy atom. The van der Waals surface area contributed by atoms with Crippen molar-refractivity contribution in [3.8, 4) is 0 Å². The zero-order chi connectivity index (χ0) is 10.6. The summed E-state index contributed by atoms with van der Waals surface area (Å²) >= 11 is 0. The standard InChI is InChI=1S/C7H15NO5S.Na.H/c9-7(14(10,11)12)1-2-8-3-5-13-6-4-8;;/h7,9H,1-6H2,(H,10,11,12);;. The number of nitrogens with zero attached hydrogens (tertiary/aromatic N) is 1. The topological polar surface area (TPSA) is 87.1 Å². The van der Waals surface area contributed by atoms with Crippen LogP contribution in [-0.4, -0.2) is 90.8 Å². The Balaban J connectivity index is 0.00000196. The molecule has 1 fully saturated rings. The minimum atomic E-state index is -4.31. The van der Waals surface area contributed by atoms with E-state index in [-0.39, 0.29) is 36.0 Å². The third-order valence-corrected chi connectivity index (χ3v) is 3.06. The summed E-state index contributed by atoms with van der Waals surface area (Å²) in [7, 11) is -4.31. The van der Waals surface area contributed by atoms with Crippen LogP contribution in [0.15, 0.2) is 0 Å². The molecule has 1 unspecified atom stereocenters. The van der Waals surface area contributed by atoms with Gasteiger partial charge in [0.1, 0.15) is 0 Å². The molecule has 1 atom stereocenters. The second-order valence-corrected chi connectivity index (χ2v) is 4.79. The van der Waals surface area contributed by atoms with Crippen molar-refractivity contribution in [2.24, 2.45) is 0 Å². The van der Waals surface area contributed by atoms with E-state index in [4.69, 9.17) is 14.4 Å². The average molecular weight is 249 g/mol. The van der Waals surface area contributed by atoms with E-state index in [0.717, 1.165) is 13.1 Å². The van der Waals surface area contributed by atoms with Gasteiger partial charge < -0.3 is 9.84 Å². The van der Waals surface area contributed by atoms with Gasteiger partial charge in [-0.3, -0.25) is 9.45 Å². The third kappa shape index (κ3) is 6.18. The van der Waals surface area contributed by atoms with Gasteiger partial charge in [-0.25, -0.2) is 0 Å². The number of aliphatic hydroxyl groups is 1. The van der Waals surface area contributed by atoms with Crippen LogP contribution in [0.3, 0.4) is 0 Å². The predicted octanol–water partition coefficient (Wildman–Crippen LogP) is -1.73. The Kier molecular flexibility index (Phi) is 7.56. The fourth-order valence-corrected chi connectivity index (χ4v) is 1.67. The van der Waals surface area contributed by atoms with Crippen LogP contribution in [0.1, 0.15) is 6.42 Å². The number of hydrogen-bond acceptors (Lipinski definition) is 5. The molecule has 0 aromatic rings. The summed E-state index contributed by atoms with van der Waals surface area (Å²) < 4.78 is 34.5. The molecular formula is C7H16NNaO5S. The van der Waals surface area contributed by atoms with Crippen LogP contribution in [0.4, 0.5) is 0 Å². The van der Waals surface area contributed by atoms with Gasteiger partial charge in [0.25, 0.3) is 10.1 Å². The zero-order valence-corrected chi connectivity index (χ0v) is 8.61. The second kappa shape index (κ2) is 7.18. The molecule has 1 heterocycles. The van der Waals surface area contributed by atoms with Gasteiger partial charge in [-0.05, 0) is 0 Å². The summed E-state index contributed by atoms with van der Waals surface area (Å²) in [5, 5.41) is 9.02. The zero-order valence-electron chi connectivity index (χ0n) is 7.79. The Morgan fingerprint density at radius 3 is 2.33 bits per heavy atom. The number of morpholine rings is 1. The molecule has 2 N–H and O–H groups in total. The van der Waals surface area contributed by atoms with E-state index in [0.29, 0.717) is 19.8 Å².